The second-order valence-corrected chi connectivity index (χ2v) is 2.52. The van der Waals surface area contributed by atoms with Crippen LogP contribution in [0.5, 0.6) is 0 Å². The third-order valence-corrected chi connectivity index (χ3v) is 1.98. The van der Waals surface area contributed by atoms with Crippen molar-refractivity contribution in [3.63, 3.8) is 0 Å². The molecule has 0 amide bonds. The maximum atomic E-state index is 4.97. The van der Waals surface area contributed by atoms with Crippen molar-refractivity contribution in [1.29, 1.82) is 0 Å². The van der Waals surface area contributed by atoms with Gasteiger partial charge in [-0.2, -0.15) is 0 Å². The van der Waals surface area contributed by atoms with Crippen LogP contribution in [-0.4, -0.2) is 0 Å². The van der Waals surface area contributed by atoms with Gasteiger partial charge in [0.25, 0.3) is 0 Å². The van der Waals surface area contributed by atoms with Gasteiger partial charge in [0.05, 0.1) is 12.0 Å². The van der Waals surface area contributed by atoms with Crippen LogP contribution in [0.4, 0.5) is 0 Å². The van der Waals surface area contributed by atoms with Crippen LogP contribution in [0.2, 0.25) is 0 Å². The van der Waals surface area contributed by atoms with Gasteiger partial charge in [-0.05, 0) is 13.0 Å². The van der Waals surface area contributed by atoms with E-state index in [1.54, 1.807) is 19.3 Å². The van der Waals surface area contributed by atoms with Crippen molar-refractivity contribution in [3.8, 4) is 0 Å². The fourth-order valence-corrected chi connectivity index (χ4v) is 0.816. The summed E-state index contributed by atoms with van der Waals surface area (Å²) < 4.78 is 5.66. The van der Waals surface area contributed by atoms with Crippen LogP contribution < -0.4 is 0 Å². The van der Waals surface area contributed by atoms with Gasteiger partial charge in [0.2, 0.25) is 0 Å². The first kappa shape index (κ1) is 6.71. The summed E-state index contributed by atoms with van der Waals surface area (Å²) in [5, 5.41) is 0. The molecule has 1 nitrogen and oxygen atoms in total. The summed E-state index contributed by atoms with van der Waals surface area (Å²) in [6.45, 7) is 1.80. The maximum Gasteiger partial charge on any atom is 0.0918 e. The highest BCUT2D eigenvalue weighted by Crippen LogP contribution is 2.07. The molecule has 1 heterocycles. The van der Waals surface area contributed by atoms with Gasteiger partial charge in [0, 0.05) is 4.51 Å². The van der Waals surface area contributed by atoms with E-state index in [0.717, 1.165) is 5.76 Å². The van der Waals surface area contributed by atoms with E-state index in [1.807, 2.05) is 0 Å². The Morgan fingerprint density at radius 1 is 1.67 bits per heavy atom. The Morgan fingerprint density at radius 3 is 2.78 bits per heavy atom. The topological polar surface area (TPSA) is 13.1 Å². The molecule has 3 heteroatoms. The van der Waals surface area contributed by atoms with Crippen molar-refractivity contribution < 1.29 is 4.42 Å². The monoisotopic (exact) mass is 157 g/mol. The van der Waals surface area contributed by atoms with E-state index in [-0.39, 0.29) is 0 Å². The lowest BCUT2D eigenvalue weighted by atomic mass is 10.4. The van der Waals surface area contributed by atoms with E-state index >= 15 is 0 Å². The van der Waals surface area contributed by atoms with Gasteiger partial charge in [-0.15, -0.1) is 4.90 Å². The van der Waals surface area contributed by atoms with Crippen molar-refractivity contribution in [2.45, 2.75) is 11.8 Å². The average molecular weight is 157 g/mol. The lowest BCUT2D eigenvalue weighted by Gasteiger charge is -2.06. The Kier molecular flexibility index (Phi) is 1.83. The van der Waals surface area contributed by atoms with Crippen LogP contribution in [-0.2, 0) is 12.6 Å². The van der Waals surface area contributed by atoms with Crippen LogP contribution in [0.25, 0.3) is 0 Å². The molecule has 0 radical (unpaired) electrons. The normalized spacial score (nSPS) is 9.44. The van der Waals surface area contributed by atoms with Gasteiger partial charge in [0.1, 0.15) is 0 Å². The molecule has 0 aromatic carbocycles. The molecule has 9 heavy (non-hydrogen) atoms. The molecule has 48 valence electrons. The summed E-state index contributed by atoms with van der Waals surface area (Å²) in [5.41, 5.74) is 0. The van der Waals surface area contributed by atoms with Gasteiger partial charge in [0.15, 0.2) is 0 Å². The molecule has 0 atom stereocenters. The standard InChI is InChI=1S/C6H6OS2/c1-4-6(9)5(8)2-3-7-4/h2-3,9H,1H3/p-1. The molecule has 0 unspecified atom stereocenters. The number of hydrogen-bond donors (Lipinski definition) is 0. The molecule has 0 saturated heterocycles. The van der Waals surface area contributed by atoms with E-state index in [0.29, 0.717) is 9.41 Å². The first-order valence-electron chi connectivity index (χ1n) is 2.47. The van der Waals surface area contributed by atoms with Gasteiger partial charge >= 0.3 is 0 Å². The third kappa shape index (κ3) is 1.28. The molecular weight excluding hydrogens is 152 g/mol. The molecule has 1 rings (SSSR count). The molecular formula is C6H5OS2-. The average Bonchev–Trinajstić information content (AvgIpc) is 1.83. The zero-order valence-electron chi connectivity index (χ0n) is 4.88. The van der Waals surface area contributed by atoms with E-state index < -0.39 is 0 Å². The second-order valence-electron chi connectivity index (χ2n) is 1.67. The van der Waals surface area contributed by atoms with Crippen LogP contribution >= 0.6 is 12.2 Å². The molecule has 0 bridgehead atoms. The molecule has 1 aromatic rings. The minimum absolute atomic E-state index is 0.646. The van der Waals surface area contributed by atoms with Gasteiger partial charge in [-0.1, -0.05) is 12.2 Å². The SMILES string of the molecule is Cc1occc(=S)c1[S-]. The smallest absolute Gasteiger partial charge is 0.0918 e. The van der Waals surface area contributed by atoms with Crippen molar-refractivity contribution in [1.82, 2.24) is 0 Å². The van der Waals surface area contributed by atoms with Crippen LogP contribution in [0.3, 0.4) is 0 Å². The Labute approximate surface area is 64.1 Å². The molecule has 0 aliphatic heterocycles. The molecule has 0 aliphatic carbocycles. The quantitative estimate of drug-likeness (QED) is 0.423. The predicted molar refractivity (Wildman–Crippen MR) is 39.9 cm³/mol. The largest absolute Gasteiger partial charge is 0.775 e. The van der Waals surface area contributed by atoms with Gasteiger partial charge in [-0.3, -0.25) is 0 Å². The van der Waals surface area contributed by atoms with Crippen LogP contribution in [0.15, 0.2) is 21.6 Å². The Balaban J connectivity index is 3.43. The lowest BCUT2D eigenvalue weighted by molar-refractivity contribution is 0.500. The van der Waals surface area contributed by atoms with Crippen molar-refractivity contribution in [2.75, 3.05) is 0 Å². The van der Waals surface area contributed by atoms with E-state index in [1.165, 1.54) is 0 Å². The Morgan fingerprint density at radius 2 is 2.33 bits per heavy atom. The zero-order valence-corrected chi connectivity index (χ0v) is 6.51. The highest BCUT2D eigenvalue weighted by atomic mass is 32.1. The number of aryl methyl sites for hydroxylation is 1. The molecule has 0 spiro atoms. The van der Waals surface area contributed by atoms with E-state index in [4.69, 9.17) is 29.3 Å². The van der Waals surface area contributed by atoms with Crippen molar-refractivity contribution in [2.24, 2.45) is 0 Å². The molecule has 0 fully saturated rings. The Hall–Kier alpha value is -0.410. The minimum atomic E-state index is 0.646. The van der Waals surface area contributed by atoms with Crippen LogP contribution in [0, 0.1) is 11.4 Å². The fraction of sp³-hybridized carbons (Fsp3) is 0.167. The summed E-state index contributed by atoms with van der Waals surface area (Å²) in [6, 6.07) is 1.69. The zero-order chi connectivity index (χ0) is 6.85. The first-order valence-corrected chi connectivity index (χ1v) is 3.29. The fourth-order valence-electron chi connectivity index (χ4n) is 0.501. The summed E-state index contributed by atoms with van der Waals surface area (Å²) >= 11 is 9.77. The van der Waals surface area contributed by atoms with E-state index in [2.05, 4.69) is 0 Å². The Bertz CT molecular complexity index is 264. The second kappa shape index (κ2) is 2.45. The van der Waals surface area contributed by atoms with Gasteiger partial charge in [-0.25, -0.2) is 0 Å². The van der Waals surface area contributed by atoms with Gasteiger partial charge < -0.3 is 17.0 Å². The van der Waals surface area contributed by atoms with E-state index in [9.17, 15) is 0 Å². The first-order chi connectivity index (χ1) is 4.22. The summed E-state index contributed by atoms with van der Waals surface area (Å²) in [7, 11) is 0. The molecule has 1 aromatic heterocycles. The molecule has 0 saturated carbocycles. The number of hydrogen-bond acceptors (Lipinski definition) is 3. The highest BCUT2D eigenvalue weighted by molar-refractivity contribution is 7.72. The minimum Gasteiger partial charge on any atom is -0.775 e. The third-order valence-electron chi connectivity index (χ3n) is 1.01. The molecule has 0 aliphatic rings. The lowest BCUT2D eigenvalue weighted by Crippen LogP contribution is -1.77. The maximum absolute atomic E-state index is 4.97. The predicted octanol–water partition coefficient (Wildman–Crippen LogP) is 2.22. The highest BCUT2D eigenvalue weighted by Gasteiger charge is 1.84. The van der Waals surface area contributed by atoms with Crippen molar-refractivity contribution >= 4 is 24.8 Å². The molecule has 0 N–H and O–H groups in total. The van der Waals surface area contributed by atoms with Crippen molar-refractivity contribution in [3.05, 3.63) is 22.6 Å². The summed E-state index contributed by atoms with van der Waals surface area (Å²) in [6.07, 6.45) is 1.55. The van der Waals surface area contributed by atoms with Crippen LogP contribution in [0.1, 0.15) is 5.76 Å². The number of rotatable bonds is 0. The summed E-state index contributed by atoms with van der Waals surface area (Å²) in [5.74, 6) is 0.720. The summed E-state index contributed by atoms with van der Waals surface area (Å²) in [4.78, 5) is 0.646.